The molecule has 4 N–H and O–H groups in total. The van der Waals surface area contributed by atoms with Gasteiger partial charge in [0, 0.05) is 5.69 Å². The molecule has 1 unspecified atom stereocenters. The Labute approximate surface area is 111 Å². The van der Waals surface area contributed by atoms with Crippen LogP contribution in [-0.2, 0) is 0 Å². The molecule has 2 aromatic rings. The van der Waals surface area contributed by atoms with E-state index in [0.29, 0.717) is 5.76 Å². The van der Waals surface area contributed by atoms with Gasteiger partial charge in [0.1, 0.15) is 11.9 Å². The van der Waals surface area contributed by atoms with Gasteiger partial charge in [0.05, 0.1) is 12.8 Å². The van der Waals surface area contributed by atoms with E-state index in [0.717, 1.165) is 5.69 Å². The molecule has 0 bridgehead atoms. The first-order chi connectivity index (χ1) is 9.15. The van der Waals surface area contributed by atoms with Crippen LogP contribution in [0.5, 0.6) is 0 Å². The van der Waals surface area contributed by atoms with Gasteiger partial charge in [0.2, 0.25) is 0 Å². The van der Waals surface area contributed by atoms with E-state index in [2.05, 4.69) is 10.3 Å². The first kappa shape index (κ1) is 13.2. The molecule has 0 saturated heterocycles. The maximum Gasteiger partial charge on any atom is 0.193 e. The Morgan fingerprint density at radius 3 is 2.74 bits per heavy atom. The van der Waals surface area contributed by atoms with Crippen LogP contribution in [0.2, 0.25) is 0 Å². The van der Waals surface area contributed by atoms with Crippen molar-refractivity contribution in [1.29, 1.82) is 0 Å². The number of aliphatic imine (C=N–C) groups is 1. The van der Waals surface area contributed by atoms with E-state index >= 15 is 0 Å². The molecule has 1 atom stereocenters. The summed E-state index contributed by atoms with van der Waals surface area (Å²) in [5.41, 5.74) is 7.78. The van der Waals surface area contributed by atoms with Crippen molar-refractivity contribution < 1.29 is 9.52 Å². The molecule has 0 aliphatic carbocycles. The molecule has 5 heteroatoms. The van der Waals surface area contributed by atoms with Crippen molar-refractivity contribution in [2.75, 3.05) is 11.9 Å². The summed E-state index contributed by atoms with van der Waals surface area (Å²) < 4.78 is 5.08. The van der Waals surface area contributed by atoms with Crippen molar-refractivity contribution in [1.82, 2.24) is 0 Å². The highest BCUT2D eigenvalue weighted by Gasteiger charge is 2.09. The third kappa shape index (κ3) is 3.86. The quantitative estimate of drug-likeness (QED) is 0.579. The fraction of sp³-hybridized carbons (Fsp3) is 0.214. The zero-order valence-electron chi connectivity index (χ0n) is 10.7. The van der Waals surface area contributed by atoms with E-state index in [4.69, 9.17) is 10.2 Å². The van der Waals surface area contributed by atoms with Crippen molar-refractivity contribution in [2.24, 2.45) is 10.7 Å². The van der Waals surface area contributed by atoms with Crippen molar-refractivity contribution >= 4 is 11.6 Å². The van der Waals surface area contributed by atoms with Gasteiger partial charge in [-0.1, -0.05) is 17.7 Å². The lowest BCUT2D eigenvalue weighted by Gasteiger charge is -2.07. The van der Waals surface area contributed by atoms with Crippen molar-refractivity contribution in [3.05, 3.63) is 54.0 Å². The number of nitrogens with zero attached hydrogens (tertiary/aromatic N) is 1. The fourth-order valence-electron chi connectivity index (χ4n) is 1.58. The molecule has 0 fully saturated rings. The Morgan fingerprint density at radius 2 is 2.11 bits per heavy atom. The van der Waals surface area contributed by atoms with Crippen LogP contribution >= 0.6 is 0 Å². The normalized spacial score (nSPS) is 13.3. The molecule has 1 heterocycles. The van der Waals surface area contributed by atoms with Crippen LogP contribution in [0.1, 0.15) is 17.4 Å². The molecule has 19 heavy (non-hydrogen) atoms. The predicted molar refractivity (Wildman–Crippen MR) is 75.0 cm³/mol. The number of benzene rings is 1. The van der Waals surface area contributed by atoms with Crippen molar-refractivity contribution in [2.45, 2.75) is 13.0 Å². The summed E-state index contributed by atoms with van der Waals surface area (Å²) in [4.78, 5) is 4.07. The largest absolute Gasteiger partial charge is 0.467 e. The Balaban J connectivity index is 1.90. The predicted octanol–water partition coefficient (Wildman–Crippen LogP) is 2.05. The monoisotopic (exact) mass is 259 g/mol. The first-order valence-electron chi connectivity index (χ1n) is 6.00. The molecular formula is C14H17N3O2. The van der Waals surface area contributed by atoms with Gasteiger partial charge in [0.15, 0.2) is 5.96 Å². The number of nitrogens with one attached hydrogen (secondary N) is 1. The van der Waals surface area contributed by atoms with Gasteiger partial charge in [-0.25, -0.2) is 4.99 Å². The van der Waals surface area contributed by atoms with E-state index in [1.807, 2.05) is 31.2 Å². The lowest BCUT2D eigenvalue weighted by molar-refractivity contribution is 0.158. The molecule has 0 aliphatic heterocycles. The van der Waals surface area contributed by atoms with Crippen molar-refractivity contribution in [3.8, 4) is 0 Å². The number of nitrogens with two attached hydrogens (primary N) is 1. The Morgan fingerprint density at radius 1 is 1.37 bits per heavy atom. The smallest absolute Gasteiger partial charge is 0.193 e. The molecule has 1 aromatic carbocycles. The number of hydrogen-bond acceptors (Lipinski definition) is 3. The average Bonchev–Trinajstić information content (AvgIpc) is 2.93. The van der Waals surface area contributed by atoms with E-state index in [-0.39, 0.29) is 12.5 Å². The molecule has 5 nitrogen and oxygen atoms in total. The number of anilines is 1. The second-order valence-electron chi connectivity index (χ2n) is 4.25. The van der Waals surface area contributed by atoms with E-state index < -0.39 is 6.10 Å². The molecule has 0 spiro atoms. The summed E-state index contributed by atoms with van der Waals surface area (Å²) in [6.07, 6.45) is 0.726. The summed E-state index contributed by atoms with van der Waals surface area (Å²) >= 11 is 0. The number of guanidine groups is 1. The minimum Gasteiger partial charge on any atom is -0.467 e. The van der Waals surface area contributed by atoms with Gasteiger partial charge < -0.3 is 20.6 Å². The van der Waals surface area contributed by atoms with Gasteiger partial charge >= 0.3 is 0 Å². The number of furan rings is 1. The molecule has 100 valence electrons. The summed E-state index contributed by atoms with van der Waals surface area (Å²) in [5.74, 6) is 0.737. The Kier molecular flexibility index (Phi) is 4.20. The second-order valence-corrected chi connectivity index (χ2v) is 4.25. The zero-order valence-corrected chi connectivity index (χ0v) is 10.7. The molecule has 0 aliphatic rings. The third-order valence-electron chi connectivity index (χ3n) is 2.63. The standard InChI is InChI=1S/C14H17N3O2/c1-10-4-6-11(7-5-10)17-14(15)16-9-12(18)13-3-2-8-19-13/h2-8,12,18H,9H2,1H3,(H3,15,16,17). The van der Waals surface area contributed by atoms with Gasteiger partial charge in [-0.3, -0.25) is 0 Å². The van der Waals surface area contributed by atoms with E-state index in [1.165, 1.54) is 11.8 Å². The van der Waals surface area contributed by atoms with Gasteiger partial charge in [0.25, 0.3) is 0 Å². The van der Waals surface area contributed by atoms with Crippen LogP contribution in [0.4, 0.5) is 5.69 Å². The molecule has 2 rings (SSSR count). The van der Waals surface area contributed by atoms with Crippen LogP contribution in [0.15, 0.2) is 52.1 Å². The minimum atomic E-state index is -0.784. The number of rotatable bonds is 4. The van der Waals surface area contributed by atoms with Crippen LogP contribution in [0.25, 0.3) is 0 Å². The fourth-order valence-corrected chi connectivity index (χ4v) is 1.58. The molecule has 0 saturated carbocycles. The van der Waals surface area contributed by atoms with Gasteiger partial charge in [-0.2, -0.15) is 0 Å². The van der Waals surface area contributed by atoms with Crippen molar-refractivity contribution in [3.63, 3.8) is 0 Å². The van der Waals surface area contributed by atoms with Crippen LogP contribution in [0, 0.1) is 6.92 Å². The summed E-state index contributed by atoms with van der Waals surface area (Å²) in [7, 11) is 0. The lowest BCUT2D eigenvalue weighted by Crippen LogP contribution is -2.23. The van der Waals surface area contributed by atoms with Gasteiger partial charge in [-0.05, 0) is 31.2 Å². The number of aliphatic hydroxyl groups is 1. The number of hydrogen-bond donors (Lipinski definition) is 3. The van der Waals surface area contributed by atoms with E-state index in [1.54, 1.807) is 12.1 Å². The molecule has 0 amide bonds. The topological polar surface area (TPSA) is 83.8 Å². The van der Waals surface area contributed by atoms with Gasteiger partial charge in [-0.15, -0.1) is 0 Å². The highest BCUT2D eigenvalue weighted by molar-refractivity contribution is 5.92. The molecular weight excluding hydrogens is 242 g/mol. The molecule has 0 radical (unpaired) electrons. The maximum atomic E-state index is 9.78. The Bertz CT molecular complexity index is 532. The second kappa shape index (κ2) is 6.06. The number of aryl methyl sites for hydroxylation is 1. The third-order valence-corrected chi connectivity index (χ3v) is 2.63. The molecule has 1 aromatic heterocycles. The zero-order chi connectivity index (χ0) is 13.7. The number of aliphatic hydroxyl groups excluding tert-OH is 1. The van der Waals surface area contributed by atoms with Crippen LogP contribution in [0.3, 0.4) is 0 Å². The van der Waals surface area contributed by atoms with E-state index in [9.17, 15) is 5.11 Å². The first-order valence-corrected chi connectivity index (χ1v) is 6.00. The minimum absolute atomic E-state index is 0.151. The van der Waals surface area contributed by atoms with Crippen LogP contribution < -0.4 is 11.1 Å². The SMILES string of the molecule is Cc1ccc(NC(N)=NCC(O)c2ccco2)cc1. The highest BCUT2D eigenvalue weighted by Crippen LogP contribution is 2.13. The summed E-state index contributed by atoms with van der Waals surface area (Å²) in [5, 5.41) is 12.7. The average molecular weight is 259 g/mol. The van der Waals surface area contributed by atoms with Crippen LogP contribution in [-0.4, -0.2) is 17.6 Å². The Hall–Kier alpha value is -2.27. The highest BCUT2D eigenvalue weighted by atomic mass is 16.4. The lowest BCUT2D eigenvalue weighted by atomic mass is 10.2. The summed E-state index contributed by atoms with van der Waals surface area (Å²) in [6.45, 7) is 2.17. The summed E-state index contributed by atoms with van der Waals surface area (Å²) in [6, 6.07) is 11.2. The maximum absolute atomic E-state index is 9.78.